The van der Waals surface area contributed by atoms with Crippen molar-refractivity contribution in [2.75, 3.05) is 6.61 Å². The van der Waals surface area contributed by atoms with Crippen LogP contribution in [0.1, 0.15) is 121 Å². The number of carbonyl (C=O) groups is 4. The van der Waals surface area contributed by atoms with E-state index in [0.717, 1.165) is 32.1 Å². The van der Waals surface area contributed by atoms with Gasteiger partial charge in [-0.3, -0.25) is 19.2 Å². The molecule has 5 aliphatic carbocycles. The zero-order valence-electron chi connectivity index (χ0n) is 28.2. The molecule has 0 spiro atoms. The Balaban J connectivity index is 1.72. The average Bonchev–Trinajstić information content (AvgIpc) is 2.87. The quantitative estimate of drug-likeness (QED) is 0.195. The second-order valence-electron chi connectivity index (χ2n) is 16.8. The molecule has 3 unspecified atom stereocenters. The zero-order chi connectivity index (χ0) is 32.0. The van der Waals surface area contributed by atoms with E-state index in [0.29, 0.717) is 25.0 Å². The maximum Gasteiger partial charge on any atom is 0.302 e. The first-order chi connectivity index (χ1) is 19.7. The lowest BCUT2D eigenvalue weighted by Crippen LogP contribution is -2.71. The predicted molar refractivity (Wildman–Crippen MR) is 163 cm³/mol. The Kier molecular flexibility index (Phi) is 7.62. The Morgan fingerprint density at radius 1 is 0.814 bits per heavy atom. The number of hydrogen-bond acceptors (Lipinski definition) is 7. The van der Waals surface area contributed by atoms with Gasteiger partial charge in [-0.2, -0.15) is 0 Å². The van der Waals surface area contributed by atoms with E-state index in [1.165, 1.54) is 26.3 Å². The third-order valence-electron chi connectivity index (χ3n) is 13.8. The number of ether oxygens (including phenoxy) is 3. The minimum atomic E-state index is -0.515. The summed E-state index contributed by atoms with van der Waals surface area (Å²) in [6.45, 7) is 20.4. The third kappa shape index (κ3) is 4.64. The first kappa shape index (κ1) is 32.2. The van der Waals surface area contributed by atoms with Gasteiger partial charge in [0.1, 0.15) is 24.6 Å². The molecule has 4 fully saturated rings. The van der Waals surface area contributed by atoms with Crippen molar-refractivity contribution in [2.24, 2.45) is 50.2 Å². The van der Waals surface area contributed by atoms with E-state index in [4.69, 9.17) is 14.2 Å². The van der Waals surface area contributed by atoms with Gasteiger partial charge in [0.05, 0.1) is 0 Å². The Morgan fingerprint density at radius 3 is 2.05 bits per heavy atom. The zero-order valence-corrected chi connectivity index (χ0v) is 28.2. The molecule has 4 saturated carbocycles. The van der Waals surface area contributed by atoms with E-state index in [2.05, 4.69) is 54.5 Å². The molecule has 0 radical (unpaired) electrons. The van der Waals surface area contributed by atoms with Gasteiger partial charge in [0.2, 0.25) is 0 Å². The summed E-state index contributed by atoms with van der Waals surface area (Å²) < 4.78 is 18.4. The highest BCUT2D eigenvalue weighted by atomic mass is 16.6. The van der Waals surface area contributed by atoms with Crippen LogP contribution in [0.2, 0.25) is 0 Å². The lowest BCUT2D eigenvalue weighted by atomic mass is 9.32. The highest BCUT2D eigenvalue weighted by Gasteiger charge is 2.73. The van der Waals surface area contributed by atoms with Gasteiger partial charge >= 0.3 is 17.9 Å². The molecular weight excluding hydrogens is 544 g/mol. The molecule has 0 aromatic heterocycles. The van der Waals surface area contributed by atoms with Gasteiger partial charge in [-0.25, -0.2) is 0 Å². The van der Waals surface area contributed by atoms with E-state index in [-0.39, 0.29) is 59.2 Å². The summed E-state index contributed by atoms with van der Waals surface area (Å²) in [6.07, 6.45) is 7.72. The van der Waals surface area contributed by atoms with Gasteiger partial charge in [0.25, 0.3) is 0 Å². The molecular formula is C36H54O7. The maximum atomic E-state index is 13.3. The monoisotopic (exact) mass is 598 g/mol. The predicted octanol–water partition coefficient (Wildman–Crippen LogP) is 7.00. The van der Waals surface area contributed by atoms with E-state index in [1.54, 1.807) is 0 Å². The topological polar surface area (TPSA) is 96.0 Å². The summed E-state index contributed by atoms with van der Waals surface area (Å²) in [4.78, 5) is 50.9. The maximum absolute atomic E-state index is 13.3. The summed E-state index contributed by atoms with van der Waals surface area (Å²) >= 11 is 0. The molecule has 5 aliphatic rings. The molecule has 9 atom stereocenters. The molecule has 0 bridgehead atoms. The van der Waals surface area contributed by atoms with E-state index in [1.807, 2.05) is 0 Å². The summed E-state index contributed by atoms with van der Waals surface area (Å²) in [6, 6.07) is 0. The molecule has 7 nitrogen and oxygen atoms in total. The molecule has 43 heavy (non-hydrogen) atoms. The number of carbonyl (C=O) groups excluding carboxylic acids is 4. The van der Waals surface area contributed by atoms with Crippen molar-refractivity contribution in [3.63, 3.8) is 0 Å². The molecule has 7 heteroatoms. The third-order valence-corrected chi connectivity index (χ3v) is 13.8. The van der Waals surface area contributed by atoms with Gasteiger partial charge < -0.3 is 14.2 Å². The number of rotatable bonds is 4. The normalized spacial score (nSPS) is 44.4. The smallest absolute Gasteiger partial charge is 0.302 e. The van der Waals surface area contributed by atoms with Gasteiger partial charge in [0, 0.05) is 48.9 Å². The van der Waals surface area contributed by atoms with Crippen LogP contribution < -0.4 is 0 Å². The number of ketones is 1. The van der Waals surface area contributed by atoms with Crippen molar-refractivity contribution in [3.05, 3.63) is 11.6 Å². The molecule has 0 heterocycles. The second kappa shape index (κ2) is 10.2. The number of allylic oxidation sites excluding steroid dienone is 2. The summed E-state index contributed by atoms with van der Waals surface area (Å²) in [5, 5.41) is 0. The largest absolute Gasteiger partial charge is 0.465 e. The van der Waals surface area contributed by atoms with E-state index in [9.17, 15) is 19.2 Å². The van der Waals surface area contributed by atoms with Crippen LogP contribution in [0.15, 0.2) is 11.6 Å². The Morgan fingerprint density at radius 2 is 1.44 bits per heavy atom. The summed E-state index contributed by atoms with van der Waals surface area (Å²) in [5.74, 6) is -0.359. The minimum absolute atomic E-state index is 0.0457. The van der Waals surface area contributed by atoms with Crippen LogP contribution in [0.4, 0.5) is 0 Å². The van der Waals surface area contributed by atoms with E-state index >= 15 is 0 Å². The fourth-order valence-electron chi connectivity index (χ4n) is 11.4. The Hall–Kier alpha value is -2.18. The van der Waals surface area contributed by atoms with Crippen LogP contribution in [-0.2, 0) is 33.4 Å². The Labute approximate surface area is 258 Å². The number of esters is 3. The average molecular weight is 599 g/mol. The number of hydrogen-bond donors (Lipinski definition) is 0. The van der Waals surface area contributed by atoms with Crippen molar-refractivity contribution in [1.29, 1.82) is 0 Å². The van der Waals surface area contributed by atoms with Gasteiger partial charge in [-0.1, -0.05) is 60.1 Å². The highest BCUT2D eigenvalue weighted by Crippen LogP contribution is 2.76. The summed E-state index contributed by atoms with van der Waals surface area (Å²) in [5.41, 5.74) is -0.640. The lowest BCUT2D eigenvalue weighted by Gasteiger charge is -2.72. The van der Waals surface area contributed by atoms with Crippen LogP contribution in [0.3, 0.4) is 0 Å². The molecule has 0 aliphatic heterocycles. The second-order valence-corrected chi connectivity index (χ2v) is 16.8. The molecule has 0 N–H and O–H groups in total. The van der Waals surface area contributed by atoms with Crippen LogP contribution in [0.5, 0.6) is 0 Å². The number of fused-ring (bicyclic) bond motifs is 7. The van der Waals surface area contributed by atoms with Crippen LogP contribution in [0.25, 0.3) is 0 Å². The fourth-order valence-corrected chi connectivity index (χ4v) is 11.4. The van der Waals surface area contributed by atoms with Crippen molar-refractivity contribution in [3.8, 4) is 0 Å². The molecule has 240 valence electrons. The fraction of sp³-hybridized carbons (Fsp3) is 0.833. The molecule has 0 aromatic rings. The van der Waals surface area contributed by atoms with Crippen LogP contribution in [-0.4, -0.2) is 42.5 Å². The van der Waals surface area contributed by atoms with Crippen molar-refractivity contribution < 1.29 is 33.4 Å². The van der Waals surface area contributed by atoms with Gasteiger partial charge in [0.15, 0.2) is 0 Å². The standard InChI is InChI=1S/C36H54O7/c1-21(37)41-20-36-16-15-31(4,5)18-25(36)24-11-12-26-33(8)14-13-28(40)32(6,7)27(33)17-29(42-22(2)38)35(26,10)34(24,9)19-30(36)43-23(3)39/h11,25-27,29-30H,12-20H2,1-10H3/t25?,26?,27?,29-,30-,33+,34+,35-,36+/m0/s1. The Bertz CT molecular complexity index is 1250. The molecule has 0 amide bonds. The lowest BCUT2D eigenvalue weighted by molar-refractivity contribution is -0.249. The molecule has 5 rings (SSSR count). The first-order valence-electron chi connectivity index (χ1n) is 16.5. The van der Waals surface area contributed by atoms with Gasteiger partial charge in [-0.15, -0.1) is 0 Å². The molecule has 0 aromatic carbocycles. The molecule has 0 saturated heterocycles. The SMILES string of the molecule is CC(=O)OC[C@]12CCC(C)(C)CC1C1=CCC3[C@@]4(C)CCC(=O)C(C)(C)C4C[C@H](OC(C)=O)[C@@]3(C)[C@]1(C)C[C@@H]2OC(C)=O. The van der Waals surface area contributed by atoms with Crippen LogP contribution in [0, 0.1) is 50.2 Å². The van der Waals surface area contributed by atoms with Crippen LogP contribution >= 0.6 is 0 Å². The van der Waals surface area contributed by atoms with Crippen molar-refractivity contribution in [2.45, 2.75) is 133 Å². The number of Topliss-reactive ketones (excluding diaryl/α,β-unsaturated/α-hetero) is 1. The van der Waals surface area contributed by atoms with Crippen molar-refractivity contribution >= 4 is 23.7 Å². The summed E-state index contributed by atoms with van der Waals surface area (Å²) in [7, 11) is 0. The highest BCUT2D eigenvalue weighted by molar-refractivity contribution is 5.85. The van der Waals surface area contributed by atoms with Crippen molar-refractivity contribution in [1.82, 2.24) is 0 Å². The minimum Gasteiger partial charge on any atom is -0.465 e. The van der Waals surface area contributed by atoms with Gasteiger partial charge in [-0.05, 0) is 73.5 Å². The van der Waals surface area contributed by atoms with E-state index < -0.39 is 27.8 Å². The first-order valence-corrected chi connectivity index (χ1v) is 16.5.